The van der Waals surface area contributed by atoms with Gasteiger partial charge in [0.1, 0.15) is 5.75 Å². The van der Waals surface area contributed by atoms with Gasteiger partial charge < -0.3 is 15.4 Å². The SMILES string of the molecule is CCCCOc1ccc(C(=O)Nc2ccc(C(=O)NC3CCCCC3)cc2)cc1Br. The zero-order valence-electron chi connectivity index (χ0n) is 17.4. The third-order valence-electron chi connectivity index (χ3n) is 5.29. The third-order valence-corrected chi connectivity index (χ3v) is 5.91. The Labute approximate surface area is 186 Å². The number of rotatable bonds is 8. The summed E-state index contributed by atoms with van der Waals surface area (Å²) in [6.45, 7) is 2.77. The summed E-state index contributed by atoms with van der Waals surface area (Å²) < 4.78 is 6.45. The van der Waals surface area contributed by atoms with E-state index < -0.39 is 0 Å². The standard InChI is InChI=1S/C24H29BrN2O3/c1-2-3-15-30-22-14-11-18(16-21(22)25)24(29)27-20-12-9-17(10-13-20)23(28)26-19-7-5-4-6-8-19/h9-14,16,19H,2-8,15H2,1H3,(H,26,28)(H,27,29). The van der Waals surface area contributed by atoms with Gasteiger partial charge in [0.05, 0.1) is 11.1 Å². The van der Waals surface area contributed by atoms with E-state index in [9.17, 15) is 9.59 Å². The van der Waals surface area contributed by atoms with Crippen molar-refractivity contribution in [3.8, 4) is 5.75 Å². The molecule has 3 rings (SSSR count). The molecule has 0 aromatic heterocycles. The zero-order valence-corrected chi connectivity index (χ0v) is 19.0. The molecule has 2 amide bonds. The summed E-state index contributed by atoms with van der Waals surface area (Å²) in [6, 6.07) is 12.6. The Balaban J connectivity index is 1.56. The monoisotopic (exact) mass is 472 g/mol. The lowest BCUT2D eigenvalue weighted by molar-refractivity contribution is 0.0927. The van der Waals surface area contributed by atoms with Crippen LogP contribution in [0, 0.1) is 0 Å². The van der Waals surface area contributed by atoms with Crippen LogP contribution in [0.5, 0.6) is 5.75 Å². The molecule has 0 unspecified atom stereocenters. The molecule has 30 heavy (non-hydrogen) atoms. The predicted octanol–water partition coefficient (Wildman–Crippen LogP) is 5.94. The van der Waals surface area contributed by atoms with Gasteiger partial charge in [-0.25, -0.2) is 0 Å². The molecule has 1 fully saturated rings. The Morgan fingerprint density at radius 2 is 1.70 bits per heavy atom. The first-order chi connectivity index (χ1) is 14.6. The van der Waals surface area contributed by atoms with Gasteiger partial charge in [0, 0.05) is 22.9 Å². The Bertz CT molecular complexity index is 861. The van der Waals surface area contributed by atoms with Gasteiger partial charge in [-0.3, -0.25) is 9.59 Å². The molecule has 1 aliphatic carbocycles. The number of nitrogens with one attached hydrogen (secondary N) is 2. The smallest absolute Gasteiger partial charge is 0.255 e. The van der Waals surface area contributed by atoms with Crippen molar-refractivity contribution in [2.45, 2.75) is 57.9 Å². The maximum Gasteiger partial charge on any atom is 0.255 e. The second-order valence-corrected chi connectivity index (χ2v) is 8.54. The van der Waals surface area contributed by atoms with Gasteiger partial charge in [-0.05, 0) is 77.7 Å². The number of unbranched alkanes of at least 4 members (excludes halogenated alkanes) is 1. The molecule has 0 aliphatic heterocycles. The first-order valence-electron chi connectivity index (χ1n) is 10.7. The van der Waals surface area contributed by atoms with Crippen LogP contribution in [0.25, 0.3) is 0 Å². The van der Waals surface area contributed by atoms with E-state index in [1.807, 2.05) is 0 Å². The fraction of sp³-hybridized carbons (Fsp3) is 0.417. The lowest BCUT2D eigenvalue weighted by atomic mass is 9.95. The lowest BCUT2D eigenvalue weighted by Crippen LogP contribution is -2.36. The van der Waals surface area contributed by atoms with E-state index in [0.29, 0.717) is 23.4 Å². The fourth-order valence-corrected chi connectivity index (χ4v) is 4.00. The van der Waals surface area contributed by atoms with E-state index in [4.69, 9.17) is 4.74 Å². The second kappa shape index (κ2) is 11.2. The second-order valence-electron chi connectivity index (χ2n) is 7.69. The summed E-state index contributed by atoms with van der Waals surface area (Å²) in [5.74, 6) is 0.464. The number of ether oxygens (including phenoxy) is 1. The maximum atomic E-state index is 12.6. The molecular weight excluding hydrogens is 444 g/mol. The summed E-state index contributed by atoms with van der Waals surface area (Å²) in [4.78, 5) is 25.0. The Hall–Kier alpha value is -2.34. The number of hydrogen-bond acceptors (Lipinski definition) is 3. The summed E-state index contributed by atoms with van der Waals surface area (Å²) in [7, 11) is 0. The molecule has 0 bridgehead atoms. The average Bonchev–Trinajstić information content (AvgIpc) is 2.76. The first kappa shape index (κ1) is 22.3. The van der Waals surface area contributed by atoms with Gasteiger partial charge in [0.25, 0.3) is 11.8 Å². The molecule has 1 aliphatic rings. The molecule has 0 atom stereocenters. The zero-order chi connectivity index (χ0) is 21.3. The molecular formula is C24H29BrN2O3. The van der Waals surface area contributed by atoms with Crippen molar-refractivity contribution in [2.24, 2.45) is 0 Å². The van der Waals surface area contributed by atoms with Crippen molar-refractivity contribution in [3.05, 3.63) is 58.1 Å². The van der Waals surface area contributed by atoms with Crippen LogP contribution < -0.4 is 15.4 Å². The number of anilines is 1. The Morgan fingerprint density at radius 1 is 1.00 bits per heavy atom. The topological polar surface area (TPSA) is 67.4 Å². The van der Waals surface area contributed by atoms with Crippen LogP contribution in [0.3, 0.4) is 0 Å². The molecule has 6 heteroatoms. The van der Waals surface area contributed by atoms with Gasteiger partial charge >= 0.3 is 0 Å². The number of halogens is 1. The number of carbonyl (C=O) groups excluding carboxylic acids is 2. The van der Waals surface area contributed by atoms with Crippen LogP contribution in [-0.4, -0.2) is 24.5 Å². The van der Waals surface area contributed by atoms with Crippen LogP contribution in [0.15, 0.2) is 46.9 Å². The van der Waals surface area contributed by atoms with Crippen molar-refractivity contribution in [1.29, 1.82) is 0 Å². The molecule has 2 aromatic carbocycles. The van der Waals surface area contributed by atoms with E-state index >= 15 is 0 Å². The molecule has 0 saturated heterocycles. The first-order valence-corrected chi connectivity index (χ1v) is 11.5. The lowest BCUT2D eigenvalue weighted by Gasteiger charge is -2.22. The number of carbonyl (C=O) groups is 2. The quantitative estimate of drug-likeness (QED) is 0.466. The van der Waals surface area contributed by atoms with Crippen LogP contribution in [-0.2, 0) is 0 Å². The molecule has 0 radical (unpaired) electrons. The summed E-state index contributed by atoms with van der Waals surface area (Å²) in [5, 5.41) is 5.98. The summed E-state index contributed by atoms with van der Waals surface area (Å²) in [5.41, 5.74) is 1.78. The van der Waals surface area contributed by atoms with Gasteiger partial charge in [0.15, 0.2) is 0 Å². The van der Waals surface area contributed by atoms with Crippen LogP contribution in [0.1, 0.15) is 72.6 Å². The maximum absolute atomic E-state index is 12.6. The predicted molar refractivity (Wildman–Crippen MR) is 123 cm³/mol. The van der Waals surface area contributed by atoms with E-state index in [0.717, 1.165) is 35.9 Å². The number of hydrogen-bond donors (Lipinski definition) is 2. The van der Waals surface area contributed by atoms with Crippen molar-refractivity contribution >= 4 is 33.4 Å². The average molecular weight is 473 g/mol. The van der Waals surface area contributed by atoms with Gasteiger partial charge in [-0.1, -0.05) is 32.6 Å². The highest BCUT2D eigenvalue weighted by molar-refractivity contribution is 9.10. The molecule has 0 heterocycles. The van der Waals surface area contributed by atoms with E-state index in [-0.39, 0.29) is 17.9 Å². The van der Waals surface area contributed by atoms with Crippen molar-refractivity contribution in [3.63, 3.8) is 0 Å². The molecule has 1 saturated carbocycles. The normalized spacial score (nSPS) is 14.2. The number of benzene rings is 2. The van der Waals surface area contributed by atoms with Crippen molar-refractivity contribution in [2.75, 3.05) is 11.9 Å². The van der Waals surface area contributed by atoms with Gasteiger partial charge in [-0.15, -0.1) is 0 Å². The number of amides is 2. The highest BCUT2D eigenvalue weighted by Crippen LogP contribution is 2.27. The minimum absolute atomic E-state index is 0.0534. The van der Waals surface area contributed by atoms with E-state index in [2.05, 4.69) is 33.5 Å². The minimum Gasteiger partial charge on any atom is -0.492 e. The van der Waals surface area contributed by atoms with E-state index in [1.165, 1.54) is 19.3 Å². The van der Waals surface area contributed by atoms with E-state index in [1.54, 1.807) is 42.5 Å². The fourth-order valence-electron chi connectivity index (χ4n) is 3.51. The summed E-state index contributed by atoms with van der Waals surface area (Å²) >= 11 is 3.47. The van der Waals surface area contributed by atoms with Crippen LogP contribution in [0.4, 0.5) is 5.69 Å². The molecule has 2 aromatic rings. The van der Waals surface area contributed by atoms with Gasteiger partial charge in [-0.2, -0.15) is 0 Å². The molecule has 5 nitrogen and oxygen atoms in total. The van der Waals surface area contributed by atoms with Crippen LogP contribution in [0.2, 0.25) is 0 Å². The largest absolute Gasteiger partial charge is 0.492 e. The van der Waals surface area contributed by atoms with Gasteiger partial charge in [0.2, 0.25) is 0 Å². The molecule has 160 valence electrons. The highest BCUT2D eigenvalue weighted by Gasteiger charge is 2.17. The minimum atomic E-state index is -0.213. The molecule has 0 spiro atoms. The third kappa shape index (κ3) is 6.33. The Kier molecular flexibility index (Phi) is 8.31. The van der Waals surface area contributed by atoms with Crippen molar-refractivity contribution in [1.82, 2.24) is 5.32 Å². The highest BCUT2D eigenvalue weighted by atomic mass is 79.9. The Morgan fingerprint density at radius 3 is 2.37 bits per heavy atom. The summed E-state index contributed by atoms with van der Waals surface area (Å²) in [6.07, 6.45) is 7.78. The van der Waals surface area contributed by atoms with Crippen LogP contribution >= 0.6 is 15.9 Å². The molecule has 2 N–H and O–H groups in total. The van der Waals surface area contributed by atoms with Crippen molar-refractivity contribution < 1.29 is 14.3 Å².